The summed E-state index contributed by atoms with van der Waals surface area (Å²) in [5, 5.41) is 3.38. The fourth-order valence-electron chi connectivity index (χ4n) is 2.50. The molecule has 1 unspecified atom stereocenters. The summed E-state index contributed by atoms with van der Waals surface area (Å²) < 4.78 is 9.90. The molecule has 0 aromatic heterocycles. The Morgan fingerprint density at radius 1 is 1.30 bits per heavy atom. The van der Waals surface area contributed by atoms with E-state index >= 15 is 0 Å². The van der Waals surface area contributed by atoms with E-state index in [1.54, 1.807) is 17.0 Å². The number of ether oxygens (including phenoxy) is 2. The van der Waals surface area contributed by atoms with E-state index < -0.39 is 0 Å². The van der Waals surface area contributed by atoms with E-state index in [4.69, 9.17) is 4.74 Å². The van der Waals surface area contributed by atoms with E-state index in [1.165, 1.54) is 7.11 Å². The minimum absolute atomic E-state index is 0.192. The Morgan fingerprint density at radius 2 is 2.04 bits per heavy atom. The Morgan fingerprint density at radius 3 is 2.70 bits per heavy atom. The molecule has 126 valence electrons. The van der Waals surface area contributed by atoms with Crippen molar-refractivity contribution >= 4 is 17.7 Å². The molecule has 1 N–H and O–H groups in total. The number of carbonyl (C=O) groups is 2. The third-order valence-corrected chi connectivity index (χ3v) is 3.85. The van der Waals surface area contributed by atoms with Gasteiger partial charge in [0.05, 0.1) is 19.3 Å². The molecule has 0 bridgehead atoms. The van der Waals surface area contributed by atoms with E-state index in [1.807, 2.05) is 12.1 Å². The van der Waals surface area contributed by atoms with Crippen LogP contribution in [0.15, 0.2) is 24.3 Å². The number of anilines is 1. The lowest BCUT2D eigenvalue weighted by Crippen LogP contribution is -2.32. The lowest BCUT2D eigenvalue weighted by atomic mass is 10.2. The minimum Gasteiger partial charge on any atom is -0.465 e. The molecular formula is C17H24N2O4. The molecule has 1 amide bonds. The molecule has 0 saturated carbocycles. The number of carbonyl (C=O) groups excluding carboxylic acids is 2. The first-order valence-electron chi connectivity index (χ1n) is 8.00. The van der Waals surface area contributed by atoms with Crippen molar-refractivity contribution in [2.24, 2.45) is 0 Å². The first kappa shape index (κ1) is 17.1. The van der Waals surface area contributed by atoms with Crippen LogP contribution in [0.25, 0.3) is 0 Å². The quantitative estimate of drug-likeness (QED) is 0.645. The highest BCUT2D eigenvalue weighted by atomic mass is 16.6. The van der Waals surface area contributed by atoms with Gasteiger partial charge in [-0.2, -0.15) is 0 Å². The van der Waals surface area contributed by atoms with Gasteiger partial charge in [-0.3, -0.25) is 0 Å². The van der Waals surface area contributed by atoms with Crippen molar-refractivity contribution in [3.8, 4) is 0 Å². The van der Waals surface area contributed by atoms with Crippen LogP contribution in [0, 0.1) is 0 Å². The monoisotopic (exact) mass is 320 g/mol. The Balaban J connectivity index is 1.81. The second-order valence-corrected chi connectivity index (χ2v) is 5.61. The van der Waals surface area contributed by atoms with Crippen LogP contribution in [-0.4, -0.2) is 49.8 Å². The second-order valence-electron chi connectivity index (χ2n) is 5.61. The van der Waals surface area contributed by atoms with Gasteiger partial charge in [0.2, 0.25) is 0 Å². The highest BCUT2D eigenvalue weighted by Gasteiger charge is 2.27. The molecule has 1 atom stereocenters. The van der Waals surface area contributed by atoms with Crippen LogP contribution in [0.4, 0.5) is 10.5 Å². The SMILES string of the molecule is CCCCOC(=O)N1CCC(Nc2ccc(C(=O)OC)cc2)C1. The van der Waals surface area contributed by atoms with Gasteiger partial charge in [-0.05, 0) is 37.1 Å². The number of unbranched alkanes of at least 4 members (excludes halogenated alkanes) is 1. The van der Waals surface area contributed by atoms with Gasteiger partial charge in [-0.1, -0.05) is 13.3 Å². The van der Waals surface area contributed by atoms with Crippen molar-refractivity contribution in [3.63, 3.8) is 0 Å². The van der Waals surface area contributed by atoms with Gasteiger partial charge >= 0.3 is 12.1 Å². The predicted octanol–water partition coefficient (Wildman–Crippen LogP) is 2.90. The Hall–Kier alpha value is -2.24. The molecule has 1 heterocycles. The van der Waals surface area contributed by atoms with E-state index in [2.05, 4.69) is 17.0 Å². The third kappa shape index (κ3) is 4.87. The van der Waals surface area contributed by atoms with Gasteiger partial charge in [0.15, 0.2) is 0 Å². The second kappa shape index (κ2) is 8.41. The molecule has 1 aliphatic rings. The number of benzene rings is 1. The largest absolute Gasteiger partial charge is 0.465 e. The number of nitrogens with zero attached hydrogens (tertiary/aromatic N) is 1. The number of esters is 1. The van der Waals surface area contributed by atoms with Crippen molar-refractivity contribution in [3.05, 3.63) is 29.8 Å². The molecule has 0 spiro atoms. The summed E-state index contributed by atoms with van der Waals surface area (Å²) in [5.41, 5.74) is 1.44. The number of likely N-dealkylation sites (tertiary alicyclic amines) is 1. The van der Waals surface area contributed by atoms with Gasteiger partial charge in [0.1, 0.15) is 0 Å². The summed E-state index contributed by atoms with van der Waals surface area (Å²) in [6.45, 7) is 3.88. The molecule has 0 aliphatic carbocycles. The normalized spacial score (nSPS) is 17.0. The summed E-state index contributed by atoms with van der Waals surface area (Å²) in [6, 6.07) is 7.32. The lowest BCUT2D eigenvalue weighted by Gasteiger charge is -2.17. The average molecular weight is 320 g/mol. The van der Waals surface area contributed by atoms with Crippen molar-refractivity contribution < 1.29 is 19.1 Å². The molecule has 0 radical (unpaired) electrons. The Bertz CT molecular complexity index is 530. The fraction of sp³-hybridized carbons (Fsp3) is 0.529. The maximum atomic E-state index is 11.9. The number of nitrogens with one attached hydrogen (secondary N) is 1. The summed E-state index contributed by atoms with van der Waals surface area (Å²) >= 11 is 0. The maximum absolute atomic E-state index is 11.9. The zero-order valence-electron chi connectivity index (χ0n) is 13.7. The first-order valence-corrected chi connectivity index (χ1v) is 8.00. The van der Waals surface area contributed by atoms with E-state index in [9.17, 15) is 9.59 Å². The summed E-state index contributed by atoms with van der Waals surface area (Å²) in [4.78, 5) is 25.0. The van der Waals surface area contributed by atoms with Gasteiger partial charge in [0, 0.05) is 24.8 Å². The number of methoxy groups -OCH3 is 1. The van der Waals surface area contributed by atoms with Crippen LogP contribution in [0.3, 0.4) is 0 Å². The van der Waals surface area contributed by atoms with Crippen LogP contribution in [0.5, 0.6) is 0 Å². The molecule has 1 aromatic rings. The molecule has 6 nitrogen and oxygen atoms in total. The first-order chi connectivity index (χ1) is 11.1. The van der Waals surface area contributed by atoms with E-state index in [0.717, 1.165) is 24.9 Å². The summed E-state index contributed by atoms with van der Waals surface area (Å²) in [5.74, 6) is -0.349. The molecular weight excluding hydrogens is 296 g/mol. The number of hydrogen-bond acceptors (Lipinski definition) is 5. The molecule has 1 aromatic carbocycles. The minimum atomic E-state index is -0.349. The van der Waals surface area contributed by atoms with E-state index in [0.29, 0.717) is 25.3 Å². The number of amides is 1. The molecule has 1 aliphatic heterocycles. The molecule has 2 rings (SSSR count). The molecule has 1 fully saturated rings. The van der Waals surface area contributed by atoms with Gasteiger partial charge in [-0.25, -0.2) is 9.59 Å². The predicted molar refractivity (Wildman–Crippen MR) is 87.6 cm³/mol. The summed E-state index contributed by atoms with van der Waals surface area (Å²) in [6.07, 6.45) is 2.55. The van der Waals surface area contributed by atoms with Crippen molar-refractivity contribution in [1.29, 1.82) is 0 Å². The van der Waals surface area contributed by atoms with Gasteiger partial charge in [-0.15, -0.1) is 0 Å². The van der Waals surface area contributed by atoms with Gasteiger partial charge < -0.3 is 19.7 Å². The fourth-order valence-corrected chi connectivity index (χ4v) is 2.50. The van der Waals surface area contributed by atoms with Crippen molar-refractivity contribution in [1.82, 2.24) is 4.90 Å². The Kier molecular flexibility index (Phi) is 6.26. The van der Waals surface area contributed by atoms with Crippen LogP contribution in [0.1, 0.15) is 36.5 Å². The van der Waals surface area contributed by atoms with Crippen molar-refractivity contribution in [2.45, 2.75) is 32.2 Å². The Labute approximate surface area is 136 Å². The van der Waals surface area contributed by atoms with Crippen molar-refractivity contribution in [2.75, 3.05) is 32.1 Å². The van der Waals surface area contributed by atoms with Crippen LogP contribution >= 0.6 is 0 Å². The summed E-state index contributed by atoms with van der Waals surface area (Å²) in [7, 11) is 1.36. The zero-order valence-corrected chi connectivity index (χ0v) is 13.7. The average Bonchev–Trinajstić information content (AvgIpc) is 3.03. The van der Waals surface area contributed by atoms with Crippen LogP contribution < -0.4 is 5.32 Å². The van der Waals surface area contributed by atoms with Gasteiger partial charge in [0.25, 0.3) is 0 Å². The smallest absolute Gasteiger partial charge is 0.409 e. The maximum Gasteiger partial charge on any atom is 0.409 e. The molecule has 23 heavy (non-hydrogen) atoms. The number of hydrogen-bond donors (Lipinski definition) is 1. The zero-order chi connectivity index (χ0) is 16.7. The highest BCUT2D eigenvalue weighted by Crippen LogP contribution is 2.17. The molecule has 6 heteroatoms. The lowest BCUT2D eigenvalue weighted by molar-refractivity contribution is 0.0600. The standard InChI is InChI=1S/C17H24N2O4/c1-3-4-11-23-17(21)19-10-9-15(12-19)18-14-7-5-13(6-8-14)16(20)22-2/h5-8,15,18H,3-4,9-12H2,1-2H3. The highest BCUT2D eigenvalue weighted by molar-refractivity contribution is 5.89. The van der Waals surface area contributed by atoms with Crippen LogP contribution in [0.2, 0.25) is 0 Å². The molecule has 1 saturated heterocycles. The topological polar surface area (TPSA) is 67.9 Å². The third-order valence-electron chi connectivity index (χ3n) is 3.85. The van der Waals surface area contributed by atoms with E-state index in [-0.39, 0.29) is 18.1 Å². The van der Waals surface area contributed by atoms with Crippen LogP contribution in [-0.2, 0) is 9.47 Å². The number of rotatable bonds is 6.